The number of alkyl halides is 3. The number of hydrogen-bond acceptors (Lipinski definition) is 2. The van der Waals surface area contributed by atoms with Crippen LogP contribution in [0.5, 0.6) is 0 Å². The fraction of sp³-hybridized carbons (Fsp3) is 0.556. The standard InChI is InChI=1S/C7H13N2.C2HF3O2/c1-4-9-6-5-8(3)7(9)2;3-2(4,5)1(6)7/h5-6H,4H2,1-3H3;(H,6,7)/q+1;/p-1. The van der Waals surface area contributed by atoms with Crippen molar-refractivity contribution in [2.45, 2.75) is 26.6 Å². The highest BCUT2D eigenvalue weighted by molar-refractivity contribution is 5.70. The van der Waals surface area contributed by atoms with Gasteiger partial charge in [-0.05, 0) is 6.92 Å². The molecule has 0 bridgehead atoms. The van der Waals surface area contributed by atoms with Crippen molar-refractivity contribution in [2.24, 2.45) is 7.05 Å². The molecule has 0 aliphatic carbocycles. The Morgan fingerprint density at radius 3 is 2.12 bits per heavy atom. The van der Waals surface area contributed by atoms with Gasteiger partial charge >= 0.3 is 6.18 Å². The Bertz CT molecular complexity index is 358. The van der Waals surface area contributed by atoms with E-state index in [2.05, 4.69) is 42.4 Å². The molecule has 0 fully saturated rings. The number of aromatic nitrogens is 2. The molecule has 0 aromatic carbocycles. The lowest BCUT2D eigenvalue weighted by Gasteiger charge is -2.03. The first-order valence-corrected chi connectivity index (χ1v) is 4.49. The first-order valence-electron chi connectivity index (χ1n) is 4.49. The average Bonchev–Trinajstić information content (AvgIpc) is 2.47. The number of halogens is 3. The van der Waals surface area contributed by atoms with Crippen molar-refractivity contribution in [1.29, 1.82) is 0 Å². The van der Waals surface area contributed by atoms with Crippen LogP contribution < -0.4 is 9.67 Å². The summed E-state index contributed by atoms with van der Waals surface area (Å²) in [5.41, 5.74) is 0. The molecular formula is C9H13F3N2O2. The third-order valence-electron chi connectivity index (χ3n) is 1.97. The maximum absolute atomic E-state index is 10.5. The van der Waals surface area contributed by atoms with E-state index in [1.807, 2.05) is 0 Å². The number of aryl methyl sites for hydroxylation is 2. The minimum atomic E-state index is -5.19. The van der Waals surface area contributed by atoms with Gasteiger partial charge in [0.1, 0.15) is 18.4 Å². The van der Waals surface area contributed by atoms with Crippen LogP contribution in [0, 0.1) is 6.92 Å². The van der Waals surface area contributed by atoms with Gasteiger partial charge in [-0.25, -0.2) is 9.13 Å². The molecule has 1 rings (SSSR count). The minimum absolute atomic E-state index is 1.06. The number of nitrogens with zero attached hydrogens (tertiary/aromatic N) is 2. The van der Waals surface area contributed by atoms with Crippen LogP contribution in [0.1, 0.15) is 12.7 Å². The number of aliphatic carboxylic acids is 1. The Morgan fingerprint density at radius 1 is 1.56 bits per heavy atom. The summed E-state index contributed by atoms with van der Waals surface area (Å²) in [6.45, 7) is 5.32. The Labute approximate surface area is 90.9 Å². The van der Waals surface area contributed by atoms with Crippen LogP contribution in [0.3, 0.4) is 0 Å². The number of carbonyl (C=O) groups is 1. The maximum Gasteiger partial charge on any atom is 0.430 e. The summed E-state index contributed by atoms with van der Waals surface area (Å²) in [5.74, 6) is -1.70. The van der Waals surface area contributed by atoms with Crippen molar-refractivity contribution >= 4 is 5.97 Å². The van der Waals surface area contributed by atoms with E-state index in [1.54, 1.807) is 0 Å². The molecule has 0 saturated carbocycles. The van der Waals surface area contributed by atoms with Crippen molar-refractivity contribution < 1.29 is 27.6 Å². The van der Waals surface area contributed by atoms with Crippen LogP contribution in [0.15, 0.2) is 12.4 Å². The smallest absolute Gasteiger partial charge is 0.430 e. The average molecular weight is 238 g/mol. The molecule has 0 amide bonds. The van der Waals surface area contributed by atoms with Gasteiger partial charge in [0.05, 0.1) is 13.6 Å². The van der Waals surface area contributed by atoms with E-state index in [1.165, 1.54) is 5.82 Å². The number of carboxylic acid groups (broad SMARTS) is 1. The Hall–Kier alpha value is -1.53. The van der Waals surface area contributed by atoms with Crippen LogP contribution in [0.2, 0.25) is 0 Å². The van der Waals surface area contributed by atoms with E-state index in [4.69, 9.17) is 9.90 Å². The van der Waals surface area contributed by atoms with E-state index in [-0.39, 0.29) is 0 Å². The molecule has 0 aliphatic heterocycles. The predicted molar refractivity (Wildman–Crippen MR) is 47.1 cm³/mol. The first kappa shape index (κ1) is 14.5. The zero-order valence-electron chi connectivity index (χ0n) is 9.21. The number of hydrogen-bond donors (Lipinski definition) is 0. The van der Waals surface area contributed by atoms with Crippen LogP contribution in [-0.4, -0.2) is 16.7 Å². The SMILES string of the molecule is CCn1cc[n+](C)c1C.O=C([O-])C(F)(F)F. The largest absolute Gasteiger partial charge is 0.542 e. The molecular weight excluding hydrogens is 225 g/mol. The highest BCUT2D eigenvalue weighted by Crippen LogP contribution is 2.11. The highest BCUT2D eigenvalue weighted by Gasteiger charge is 2.28. The number of carboxylic acids is 1. The first-order chi connectivity index (χ1) is 7.20. The molecule has 0 aliphatic rings. The lowest BCUT2D eigenvalue weighted by Crippen LogP contribution is -2.37. The molecule has 0 radical (unpaired) electrons. The van der Waals surface area contributed by atoms with Gasteiger partial charge in [0.15, 0.2) is 0 Å². The summed E-state index contributed by atoms with van der Waals surface area (Å²) in [6.07, 6.45) is -1.03. The summed E-state index contributed by atoms with van der Waals surface area (Å²) in [5, 5.41) is 8.78. The van der Waals surface area contributed by atoms with Crippen molar-refractivity contribution in [2.75, 3.05) is 0 Å². The quantitative estimate of drug-likeness (QED) is 0.643. The Morgan fingerprint density at radius 2 is 2.00 bits per heavy atom. The monoisotopic (exact) mass is 238 g/mol. The normalized spacial score (nSPS) is 10.6. The second-order valence-corrected chi connectivity index (χ2v) is 3.03. The Balaban J connectivity index is 0.000000293. The summed E-state index contributed by atoms with van der Waals surface area (Å²) >= 11 is 0. The maximum atomic E-state index is 10.5. The van der Waals surface area contributed by atoms with E-state index in [9.17, 15) is 13.2 Å². The second-order valence-electron chi connectivity index (χ2n) is 3.03. The van der Waals surface area contributed by atoms with Gasteiger partial charge in [-0.3, -0.25) is 0 Å². The molecule has 0 saturated heterocycles. The van der Waals surface area contributed by atoms with Crippen molar-refractivity contribution in [3.8, 4) is 0 Å². The van der Waals surface area contributed by atoms with Crippen LogP contribution >= 0.6 is 0 Å². The third-order valence-corrected chi connectivity index (χ3v) is 1.97. The zero-order chi connectivity index (χ0) is 12.9. The van der Waals surface area contributed by atoms with E-state index in [0.717, 1.165) is 6.54 Å². The fourth-order valence-electron chi connectivity index (χ4n) is 0.933. The predicted octanol–water partition coefficient (Wildman–Crippen LogP) is -0.0605. The van der Waals surface area contributed by atoms with Crippen LogP contribution in [0.4, 0.5) is 13.2 Å². The molecule has 0 unspecified atom stereocenters. The molecule has 0 N–H and O–H groups in total. The molecule has 7 heteroatoms. The Kier molecular flexibility index (Phi) is 5.00. The van der Waals surface area contributed by atoms with Gasteiger partial charge in [0.25, 0.3) is 5.82 Å². The lowest BCUT2D eigenvalue weighted by atomic mass is 10.6. The minimum Gasteiger partial charge on any atom is -0.542 e. The van der Waals surface area contributed by atoms with Gasteiger partial charge < -0.3 is 9.90 Å². The molecule has 1 aromatic heterocycles. The van der Waals surface area contributed by atoms with Crippen molar-refractivity contribution in [1.82, 2.24) is 4.57 Å². The lowest BCUT2D eigenvalue weighted by molar-refractivity contribution is -0.677. The molecule has 0 spiro atoms. The van der Waals surface area contributed by atoms with E-state index >= 15 is 0 Å². The summed E-state index contributed by atoms with van der Waals surface area (Å²) in [7, 11) is 2.06. The van der Waals surface area contributed by atoms with Gasteiger partial charge in [0.2, 0.25) is 0 Å². The van der Waals surface area contributed by atoms with Crippen molar-refractivity contribution in [3.63, 3.8) is 0 Å². The van der Waals surface area contributed by atoms with Gasteiger partial charge in [0, 0.05) is 6.92 Å². The number of rotatable bonds is 1. The molecule has 1 heterocycles. The van der Waals surface area contributed by atoms with Gasteiger partial charge in [-0.15, -0.1) is 0 Å². The fourth-order valence-corrected chi connectivity index (χ4v) is 0.933. The van der Waals surface area contributed by atoms with E-state index in [0.29, 0.717) is 0 Å². The second kappa shape index (κ2) is 5.53. The zero-order valence-corrected chi connectivity index (χ0v) is 9.21. The molecule has 16 heavy (non-hydrogen) atoms. The summed E-state index contributed by atoms with van der Waals surface area (Å²) in [4.78, 5) is 8.78. The highest BCUT2D eigenvalue weighted by atomic mass is 19.4. The molecule has 1 aromatic rings. The summed E-state index contributed by atoms with van der Waals surface area (Å²) in [6, 6.07) is 0. The molecule has 92 valence electrons. The van der Waals surface area contributed by atoms with Crippen LogP contribution in [0.25, 0.3) is 0 Å². The number of imidazole rings is 1. The molecule has 0 atom stereocenters. The van der Waals surface area contributed by atoms with Gasteiger partial charge in [-0.2, -0.15) is 13.2 Å². The van der Waals surface area contributed by atoms with Crippen molar-refractivity contribution in [3.05, 3.63) is 18.2 Å². The summed E-state index contributed by atoms with van der Waals surface area (Å²) < 4.78 is 35.9. The number of carbonyl (C=O) groups excluding carboxylic acids is 1. The van der Waals surface area contributed by atoms with E-state index < -0.39 is 12.1 Å². The third kappa shape index (κ3) is 4.33. The van der Waals surface area contributed by atoms with Gasteiger partial charge in [-0.1, -0.05) is 0 Å². The molecule has 4 nitrogen and oxygen atoms in total. The topological polar surface area (TPSA) is 48.9 Å². The van der Waals surface area contributed by atoms with Crippen LogP contribution in [-0.2, 0) is 18.4 Å².